The summed E-state index contributed by atoms with van der Waals surface area (Å²) >= 11 is 1.73. The van der Waals surface area contributed by atoms with Crippen LogP contribution in [0.5, 0.6) is 5.88 Å². The zero-order valence-electron chi connectivity index (χ0n) is 12.2. The molecule has 0 aliphatic carbocycles. The molecule has 0 amide bonds. The van der Waals surface area contributed by atoms with Gasteiger partial charge in [0.25, 0.3) is 0 Å². The molecule has 6 heteroatoms. The van der Waals surface area contributed by atoms with Gasteiger partial charge in [-0.3, -0.25) is 4.98 Å². The fraction of sp³-hybridized carbons (Fsp3) is 0.467. The van der Waals surface area contributed by atoms with E-state index in [1.807, 2.05) is 13.8 Å². The fourth-order valence-electron chi connectivity index (χ4n) is 2.29. The molecule has 1 aliphatic rings. The highest BCUT2D eigenvalue weighted by molar-refractivity contribution is 7.10. The van der Waals surface area contributed by atoms with Crippen LogP contribution in [-0.4, -0.2) is 35.8 Å². The van der Waals surface area contributed by atoms with Crippen LogP contribution in [0.3, 0.4) is 0 Å². The van der Waals surface area contributed by atoms with Gasteiger partial charge in [-0.05, 0) is 25.3 Å². The average Bonchev–Trinajstić information content (AvgIpc) is 3.01. The number of rotatable bonds is 4. The van der Waals surface area contributed by atoms with Crippen molar-refractivity contribution in [3.05, 3.63) is 34.8 Å². The molecule has 1 atom stereocenters. The second-order valence-electron chi connectivity index (χ2n) is 5.20. The van der Waals surface area contributed by atoms with E-state index in [2.05, 4.69) is 32.4 Å². The van der Waals surface area contributed by atoms with E-state index in [9.17, 15) is 0 Å². The van der Waals surface area contributed by atoms with Crippen molar-refractivity contribution in [2.24, 2.45) is 0 Å². The Morgan fingerprint density at radius 1 is 1.43 bits per heavy atom. The Morgan fingerprint density at radius 2 is 2.33 bits per heavy atom. The van der Waals surface area contributed by atoms with E-state index < -0.39 is 0 Å². The summed E-state index contributed by atoms with van der Waals surface area (Å²) in [5.41, 5.74) is 0. The summed E-state index contributed by atoms with van der Waals surface area (Å²) in [6, 6.07) is 4.17. The third-order valence-corrected chi connectivity index (χ3v) is 4.17. The Kier molecular flexibility index (Phi) is 4.36. The van der Waals surface area contributed by atoms with E-state index >= 15 is 0 Å². The van der Waals surface area contributed by atoms with E-state index in [4.69, 9.17) is 9.47 Å². The zero-order chi connectivity index (χ0) is 14.7. The van der Waals surface area contributed by atoms with Crippen LogP contribution in [-0.2, 0) is 4.74 Å². The molecule has 5 nitrogen and oxygen atoms in total. The number of anilines is 1. The molecule has 0 N–H and O–H groups in total. The maximum atomic E-state index is 5.86. The summed E-state index contributed by atoms with van der Waals surface area (Å²) in [6.07, 6.45) is 3.64. The Balaban J connectivity index is 1.74. The topological polar surface area (TPSA) is 47.5 Å². The van der Waals surface area contributed by atoms with Gasteiger partial charge in [0.05, 0.1) is 31.6 Å². The number of aromatic nitrogens is 2. The molecule has 1 unspecified atom stereocenters. The second-order valence-corrected chi connectivity index (χ2v) is 6.18. The van der Waals surface area contributed by atoms with E-state index in [1.165, 1.54) is 4.88 Å². The summed E-state index contributed by atoms with van der Waals surface area (Å²) in [6.45, 7) is 6.27. The molecule has 2 aromatic heterocycles. The molecule has 112 valence electrons. The normalized spacial score (nSPS) is 19.0. The van der Waals surface area contributed by atoms with E-state index in [-0.39, 0.29) is 12.2 Å². The maximum absolute atomic E-state index is 5.86. The van der Waals surface area contributed by atoms with Crippen molar-refractivity contribution in [1.29, 1.82) is 0 Å². The van der Waals surface area contributed by atoms with Crippen LogP contribution in [0.1, 0.15) is 24.8 Å². The molecule has 21 heavy (non-hydrogen) atoms. The minimum absolute atomic E-state index is 0.0955. The molecule has 2 aromatic rings. The van der Waals surface area contributed by atoms with Gasteiger partial charge in [0.2, 0.25) is 5.88 Å². The van der Waals surface area contributed by atoms with Crippen LogP contribution in [0.4, 0.5) is 5.82 Å². The van der Waals surface area contributed by atoms with Gasteiger partial charge in [-0.1, -0.05) is 6.07 Å². The third kappa shape index (κ3) is 3.51. The van der Waals surface area contributed by atoms with Crippen LogP contribution in [0.15, 0.2) is 29.9 Å². The lowest BCUT2D eigenvalue weighted by atomic mass is 10.2. The number of hydrogen-bond acceptors (Lipinski definition) is 6. The monoisotopic (exact) mass is 305 g/mol. The smallest absolute Gasteiger partial charge is 0.234 e. The first kappa shape index (κ1) is 14.3. The molecule has 0 radical (unpaired) electrons. The number of ether oxygens (including phenoxy) is 2. The van der Waals surface area contributed by atoms with Gasteiger partial charge >= 0.3 is 0 Å². The largest absolute Gasteiger partial charge is 0.474 e. The van der Waals surface area contributed by atoms with E-state index in [1.54, 1.807) is 23.7 Å². The van der Waals surface area contributed by atoms with Crippen LogP contribution < -0.4 is 9.64 Å². The molecular formula is C15H19N3O2S. The van der Waals surface area contributed by atoms with Crippen LogP contribution in [0.2, 0.25) is 0 Å². The highest BCUT2D eigenvalue weighted by atomic mass is 32.1. The first-order valence-electron chi connectivity index (χ1n) is 7.11. The highest BCUT2D eigenvalue weighted by Crippen LogP contribution is 2.28. The summed E-state index contributed by atoms with van der Waals surface area (Å²) in [7, 11) is 0. The lowest BCUT2D eigenvalue weighted by molar-refractivity contribution is 0.0417. The standard InChI is InChI=1S/C15H19N3O2S/c1-11(2)20-15-9-16-8-14(17-15)18-5-6-19-12(10-18)13-4-3-7-21-13/h3-4,7-9,11-12H,5-6,10H2,1-2H3. The van der Waals surface area contributed by atoms with Gasteiger partial charge in [0.1, 0.15) is 6.10 Å². The van der Waals surface area contributed by atoms with Gasteiger partial charge in [0.15, 0.2) is 5.82 Å². The molecule has 3 rings (SSSR count). The Morgan fingerprint density at radius 3 is 3.10 bits per heavy atom. The number of thiophene rings is 1. The summed E-state index contributed by atoms with van der Waals surface area (Å²) in [4.78, 5) is 12.2. The van der Waals surface area contributed by atoms with Gasteiger partial charge in [-0.15, -0.1) is 11.3 Å². The van der Waals surface area contributed by atoms with Crippen molar-refractivity contribution in [1.82, 2.24) is 9.97 Å². The van der Waals surface area contributed by atoms with Crippen LogP contribution in [0, 0.1) is 0 Å². The van der Waals surface area contributed by atoms with Crippen molar-refractivity contribution in [2.75, 3.05) is 24.6 Å². The average molecular weight is 305 g/mol. The Hall–Kier alpha value is -1.66. The number of morpholine rings is 1. The molecule has 0 bridgehead atoms. The van der Waals surface area contributed by atoms with Crippen LogP contribution >= 0.6 is 11.3 Å². The number of nitrogens with zero attached hydrogens (tertiary/aromatic N) is 3. The van der Waals surface area contributed by atoms with Gasteiger partial charge in [-0.2, -0.15) is 4.98 Å². The SMILES string of the molecule is CC(C)Oc1cncc(N2CCOC(c3cccs3)C2)n1. The molecule has 1 fully saturated rings. The zero-order valence-corrected chi connectivity index (χ0v) is 13.0. The Labute approximate surface area is 128 Å². The summed E-state index contributed by atoms with van der Waals surface area (Å²) < 4.78 is 11.5. The Bertz CT molecular complexity index is 574. The van der Waals surface area contributed by atoms with Crippen molar-refractivity contribution < 1.29 is 9.47 Å². The third-order valence-electron chi connectivity index (χ3n) is 3.21. The molecule has 0 aromatic carbocycles. The van der Waals surface area contributed by atoms with Gasteiger partial charge in [-0.25, -0.2) is 0 Å². The summed E-state index contributed by atoms with van der Waals surface area (Å²) in [5, 5.41) is 2.08. The molecule has 1 aliphatic heterocycles. The minimum Gasteiger partial charge on any atom is -0.474 e. The van der Waals surface area contributed by atoms with Crippen molar-refractivity contribution in [3.8, 4) is 5.88 Å². The lowest BCUT2D eigenvalue weighted by Gasteiger charge is -2.33. The highest BCUT2D eigenvalue weighted by Gasteiger charge is 2.24. The van der Waals surface area contributed by atoms with Crippen LogP contribution in [0.25, 0.3) is 0 Å². The lowest BCUT2D eigenvalue weighted by Crippen LogP contribution is -2.38. The number of hydrogen-bond donors (Lipinski definition) is 0. The molecule has 0 spiro atoms. The van der Waals surface area contributed by atoms with E-state index in [0.29, 0.717) is 12.5 Å². The quantitative estimate of drug-likeness (QED) is 0.869. The molecule has 0 saturated carbocycles. The fourth-order valence-corrected chi connectivity index (χ4v) is 3.06. The molecule has 3 heterocycles. The van der Waals surface area contributed by atoms with E-state index in [0.717, 1.165) is 18.9 Å². The maximum Gasteiger partial charge on any atom is 0.234 e. The second kappa shape index (κ2) is 6.41. The predicted molar refractivity (Wildman–Crippen MR) is 83.0 cm³/mol. The minimum atomic E-state index is 0.0955. The van der Waals surface area contributed by atoms with Crippen molar-refractivity contribution in [3.63, 3.8) is 0 Å². The van der Waals surface area contributed by atoms with Crippen molar-refractivity contribution >= 4 is 17.2 Å². The predicted octanol–water partition coefficient (Wildman–Crippen LogP) is 2.90. The first-order valence-corrected chi connectivity index (χ1v) is 7.99. The summed E-state index contributed by atoms with van der Waals surface area (Å²) in [5.74, 6) is 1.42. The van der Waals surface area contributed by atoms with Gasteiger partial charge < -0.3 is 14.4 Å². The molecule has 1 saturated heterocycles. The van der Waals surface area contributed by atoms with Gasteiger partial charge in [0, 0.05) is 11.4 Å². The first-order chi connectivity index (χ1) is 10.2. The van der Waals surface area contributed by atoms with Crippen molar-refractivity contribution in [2.45, 2.75) is 26.1 Å². The molecular weight excluding hydrogens is 286 g/mol.